The number of nitrogens with zero attached hydrogens (tertiary/aromatic N) is 1. The molecule has 2 aromatic carbocycles. The fourth-order valence-electron chi connectivity index (χ4n) is 2.27. The van der Waals surface area contributed by atoms with Crippen LogP contribution in [-0.4, -0.2) is 32.8 Å². The summed E-state index contributed by atoms with van der Waals surface area (Å²) < 4.78 is 26.3. The van der Waals surface area contributed by atoms with Crippen molar-refractivity contribution in [3.8, 4) is 0 Å². The SMILES string of the molecule is CN(Cc1cccc(Cl)c1)C(=O)CCNS(=O)(=O)/C=C/c1ccccc1. The summed E-state index contributed by atoms with van der Waals surface area (Å²) in [7, 11) is -1.91. The smallest absolute Gasteiger partial charge is 0.233 e. The highest BCUT2D eigenvalue weighted by molar-refractivity contribution is 7.92. The molecule has 5 nitrogen and oxygen atoms in total. The van der Waals surface area contributed by atoms with Gasteiger partial charge in [0.2, 0.25) is 15.9 Å². The number of rotatable bonds is 8. The van der Waals surface area contributed by atoms with E-state index in [0.29, 0.717) is 11.6 Å². The Morgan fingerprint density at radius 1 is 1.15 bits per heavy atom. The molecule has 1 N–H and O–H groups in total. The van der Waals surface area contributed by atoms with E-state index >= 15 is 0 Å². The molecule has 2 aromatic rings. The zero-order chi connectivity index (χ0) is 19.0. The average Bonchev–Trinajstić information content (AvgIpc) is 2.61. The lowest BCUT2D eigenvalue weighted by Crippen LogP contribution is -2.31. The van der Waals surface area contributed by atoms with E-state index in [9.17, 15) is 13.2 Å². The van der Waals surface area contributed by atoms with Gasteiger partial charge in [-0.25, -0.2) is 13.1 Å². The molecule has 0 unspecified atom stereocenters. The Kier molecular flexibility index (Phi) is 7.38. The Morgan fingerprint density at radius 3 is 2.58 bits per heavy atom. The van der Waals surface area contributed by atoms with Gasteiger partial charge < -0.3 is 4.90 Å². The van der Waals surface area contributed by atoms with E-state index in [4.69, 9.17) is 11.6 Å². The standard InChI is InChI=1S/C19H21ClN2O3S/c1-22(15-17-8-5-9-18(20)14-17)19(23)10-12-21-26(24,25)13-11-16-6-3-2-4-7-16/h2-9,11,13-14,21H,10,12,15H2,1H3/b13-11+. The molecule has 138 valence electrons. The van der Waals surface area contributed by atoms with Crippen LogP contribution >= 0.6 is 11.6 Å². The molecule has 0 aliphatic carbocycles. The van der Waals surface area contributed by atoms with Gasteiger partial charge in [0.25, 0.3) is 0 Å². The number of carbonyl (C=O) groups excluding carboxylic acids is 1. The van der Waals surface area contributed by atoms with Crippen LogP contribution in [0.1, 0.15) is 17.5 Å². The summed E-state index contributed by atoms with van der Waals surface area (Å²) in [5.41, 5.74) is 1.70. The summed E-state index contributed by atoms with van der Waals surface area (Å²) >= 11 is 5.93. The first-order valence-electron chi connectivity index (χ1n) is 8.07. The van der Waals surface area contributed by atoms with Crippen molar-refractivity contribution in [3.05, 3.63) is 76.2 Å². The molecule has 0 spiro atoms. The maximum atomic E-state index is 12.1. The molecular formula is C19H21ClN2O3S. The van der Waals surface area contributed by atoms with E-state index in [2.05, 4.69) is 4.72 Å². The molecule has 0 bridgehead atoms. The summed E-state index contributed by atoms with van der Waals surface area (Å²) in [6.45, 7) is 0.459. The van der Waals surface area contributed by atoms with Gasteiger partial charge in [-0.3, -0.25) is 4.79 Å². The Hall–Kier alpha value is -2.15. The number of benzene rings is 2. The molecule has 0 aromatic heterocycles. The third-order valence-corrected chi connectivity index (χ3v) is 4.95. The number of amides is 1. The van der Waals surface area contributed by atoms with Crippen LogP contribution in [-0.2, 0) is 21.4 Å². The van der Waals surface area contributed by atoms with Crippen molar-refractivity contribution in [2.24, 2.45) is 0 Å². The van der Waals surface area contributed by atoms with Crippen LogP contribution in [0.5, 0.6) is 0 Å². The van der Waals surface area contributed by atoms with Crippen molar-refractivity contribution >= 4 is 33.6 Å². The Balaban J connectivity index is 1.80. The molecule has 0 aliphatic rings. The minimum absolute atomic E-state index is 0.0418. The normalized spacial score (nSPS) is 11.6. The number of sulfonamides is 1. The van der Waals surface area contributed by atoms with Crippen LogP contribution < -0.4 is 4.72 Å². The molecule has 0 saturated carbocycles. The third-order valence-electron chi connectivity index (χ3n) is 3.62. The summed E-state index contributed by atoms with van der Waals surface area (Å²) in [5.74, 6) is -0.153. The summed E-state index contributed by atoms with van der Waals surface area (Å²) in [6.07, 6.45) is 1.59. The second kappa shape index (κ2) is 9.52. The van der Waals surface area contributed by atoms with E-state index in [1.165, 1.54) is 6.08 Å². The van der Waals surface area contributed by atoms with Crippen molar-refractivity contribution < 1.29 is 13.2 Å². The van der Waals surface area contributed by atoms with Crippen molar-refractivity contribution in [2.45, 2.75) is 13.0 Å². The maximum absolute atomic E-state index is 12.1. The summed E-state index contributed by atoms with van der Waals surface area (Å²) in [5, 5.41) is 1.71. The van der Waals surface area contributed by atoms with E-state index < -0.39 is 10.0 Å². The van der Waals surface area contributed by atoms with Crippen LogP contribution in [0.2, 0.25) is 5.02 Å². The molecule has 2 rings (SSSR count). The first-order chi connectivity index (χ1) is 12.4. The zero-order valence-corrected chi connectivity index (χ0v) is 16.0. The molecule has 0 aliphatic heterocycles. The number of hydrogen-bond acceptors (Lipinski definition) is 3. The minimum Gasteiger partial charge on any atom is -0.341 e. The van der Waals surface area contributed by atoms with Crippen molar-refractivity contribution in [3.63, 3.8) is 0 Å². The fraction of sp³-hybridized carbons (Fsp3) is 0.211. The Morgan fingerprint density at radius 2 is 1.88 bits per heavy atom. The predicted molar refractivity (Wildman–Crippen MR) is 105 cm³/mol. The third kappa shape index (κ3) is 7.00. The van der Waals surface area contributed by atoms with Crippen LogP contribution in [0.15, 0.2) is 60.0 Å². The monoisotopic (exact) mass is 392 g/mol. The highest BCUT2D eigenvalue weighted by Crippen LogP contribution is 2.12. The lowest BCUT2D eigenvalue weighted by molar-refractivity contribution is -0.130. The van der Waals surface area contributed by atoms with E-state index in [0.717, 1.165) is 16.5 Å². The Labute approximate surface area is 159 Å². The van der Waals surface area contributed by atoms with Gasteiger partial charge in [-0.1, -0.05) is 54.1 Å². The van der Waals surface area contributed by atoms with Gasteiger partial charge in [-0.05, 0) is 29.3 Å². The Bertz CT molecular complexity index is 867. The highest BCUT2D eigenvalue weighted by Gasteiger charge is 2.11. The lowest BCUT2D eigenvalue weighted by Gasteiger charge is -2.17. The van der Waals surface area contributed by atoms with E-state index in [1.807, 2.05) is 30.3 Å². The summed E-state index contributed by atoms with van der Waals surface area (Å²) in [6, 6.07) is 16.4. The molecule has 7 heteroatoms. The second-order valence-electron chi connectivity index (χ2n) is 5.78. The van der Waals surface area contributed by atoms with Crippen molar-refractivity contribution in [2.75, 3.05) is 13.6 Å². The van der Waals surface area contributed by atoms with Gasteiger partial charge in [0.15, 0.2) is 0 Å². The number of nitrogens with one attached hydrogen (secondary N) is 1. The van der Waals surface area contributed by atoms with Crippen LogP contribution in [0.3, 0.4) is 0 Å². The van der Waals surface area contributed by atoms with E-state index in [1.54, 1.807) is 36.2 Å². The topological polar surface area (TPSA) is 66.5 Å². The molecule has 0 heterocycles. The van der Waals surface area contributed by atoms with Gasteiger partial charge in [-0.2, -0.15) is 0 Å². The number of carbonyl (C=O) groups is 1. The number of hydrogen-bond donors (Lipinski definition) is 1. The zero-order valence-electron chi connectivity index (χ0n) is 14.4. The minimum atomic E-state index is -3.58. The van der Waals surface area contributed by atoms with Gasteiger partial charge in [-0.15, -0.1) is 0 Å². The van der Waals surface area contributed by atoms with Crippen LogP contribution in [0.4, 0.5) is 0 Å². The fourth-order valence-corrected chi connectivity index (χ4v) is 3.30. The van der Waals surface area contributed by atoms with Gasteiger partial charge in [0.05, 0.1) is 0 Å². The van der Waals surface area contributed by atoms with Crippen LogP contribution in [0, 0.1) is 0 Å². The largest absolute Gasteiger partial charge is 0.341 e. The van der Waals surface area contributed by atoms with Gasteiger partial charge in [0.1, 0.15) is 0 Å². The molecule has 1 amide bonds. The molecule has 0 radical (unpaired) electrons. The van der Waals surface area contributed by atoms with Crippen molar-refractivity contribution in [1.29, 1.82) is 0 Å². The molecule has 0 atom stereocenters. The predicted octanol–water partition coefficient (Wildman–Crippen LogP) is 3.28. The first-order valence-corrected chi connectivity index (χ1v) is 9.99. The first kappa shape index (κ1) is 20.2. The highest BCUT2D eigenvalue weighted by atomic mass is 35.5. The molecule has 26 heavy (non-hydrogen) atoms. The second-order valence-corrected chi connectivity index (χ2v) is 7.87. The van der Waals surface area contributed by atoms with Gasteiger partial charge in [0, 0.05) is 37.0 Å². The van der Waals surface area contributed by atoms with Crippen molar-refractivity contribution in [1.82, 2.24) is 9.62 Å². The van der Waals surface area contributed by atoms with E-state index in [-0.39, 0.29) is 18.9 Å². The average molecular weight is 393 g/mol. The molecule has 0 saturated heterocycles. The maximum Gasteiger partial charge on any atom is 0.233 e. The summed E-state index contributed by atoms with van der Waals surface area (Å²) in [4.78, 5) is 13.7. The molecular weight excluding hydrogens is 372 g/mol. The number of halogens is 1. The lowest BCUT2D eigenvalue weighted by atomic mass is 10.2. The van der Waals surface area contributed by atoms with Gasteiger partial charge >= 0.3 is 0 Å². The van der Waals surface area contributed by atoms with Crippen LogP contribution in [0.25, 0.3) is 6.08 Å². The molecule has 0 fully saturated rings. The quantitative estimate of drug-likeness (QED) is 0.749.